The Balaban J connectivity index is 1.33. The molecule has 0 atom stereocenters. The smallest absolute Gasteiger partial charge is 0.294 e. The molecule has 210 valence electrons. The number of carbonyl (C=O) groups is 1. The van der Waals surface area contributed by atoms with Gasteiger partial charge in [-0.05, 0) is 32.0 Å². The summed E-state index contributed by atoms with van der Waals surface area (Å²) >= 11 is 0. The topological polar surface area (TPSA) is 101 Å². The summed E-state index contributed by atoms with van der Waals surface area (Å²) in [4.78, 5) is 35.8. The van der Waals surface area contributed by atoms with E-state index in [-0.39, 0.29) is 12.5 Å². The molecule has 1 N–H and O–H groups in total. The number of likely N-dealkylation sites (N-methyl/N-ethyl adjacent to an activating group) is 1. The molecule has 0 aliphatic carbocycles. The summed E-state index contributed by atoms with van der Waals surface area (Å²) < 4.78 is 0. The van der Waals surface area contributed by atoms with E-state index in [1.807, 2.05) is 12.1 Å². The van der Waals surface area contributed by atoms with Crippen LogP contribution in [0.2, 0.25) is 0 Å². The van der Waals surface area contributed by atoms with E-state index >= 15 is 0 Å². The molecule has 0 aromatic carbocycles. The van der Waals surface area contributed by atoms with Crippen LogP contribution >= 0.6 is 0 Å². The van der Waals surface area contributed by atoms with Crippen molar-refractivity contribution < 1.29 is 14.7 Å². The van der Waals surface area contributed by atoms with Crippen LogP contribution in [0.25, 0.3) is 0 Å². The summed E-state index contributed by atoms with van der Waals surface area (Å²) in [6, 6.07) is 3.85. The number of nitrogens with zero attached hydrogens (tertiary/aromatic N) is 4. The Kier molecular flexibility index (Phi) is 16.4. The molecule has 2 rings (SSSR count). The van der Waals surface area contributed by atoms with Crippen LogP contribution < -0.4 is 10.2 Å². The molecule has 0 bridgehead atoms. The minimum absolute atomic E-state index is 0.0280. The molecule has 0 spiro atoms. The van der Waals surface area contributed by atoms with Crippen LogP contribution in [0.15, 0.2) is 18.3 Å². The Bertz CT molecular complexity index is 739. The normalized spacial score (nSPS) is 14.0. The van der Waals surface area contributed by atoms with Gasteiger partial charge < -0.3 is 20.0 Å². The van der Waals surface area contributed by atoms with Crippen molar-refractivity contribution in [1.29, 1.82) is 0 Å². The largest absolute Gasteiger partial charge is 0.354 e. The van der Waals surface area contributed by atoms with Crippen LogP contribution in [0.1, 0.15) is 107 Å². The maximum absolute atomic E-state index is 12.4. The van der Waals surface area contributed by atoms with Crippen molar-refractivity contribution in [3.05, 3.63) is 34.0 Å². The monoisotopic (exact) mass is 519 g/mol. The van der Waals surface area contributed by atoms with Crippen LogP contribution in [-0.4, -0.2) is 67.3 Å². The molecular weight excluding hydrogens is 470 g/mol. The highest BCUT2D eigenvalue weighted by Gasteiger charge is 2.15. The molecular formula is C28H49N5O4. The highest BCUT2D eigenvalue weighted by molar-refractivity contribution is 5.94. The van der Waals surface area contributed by atoms with Gasteiger partial charge in [0, 0.05) is 38.9 Å². The first-order chi connectivity index (χ1) is 18.1. The van der Waals surface area contributed by atoms with Crippen LogP contribution in [0.4, 0.5) is 5.82 Å². The van der Waals surface area contributed by atoms with Crippen LogP contribution in [0.5, 0.6) is 0 Å². The Morgan fingerprint density at radius 3 is 1.86 bits per heavy atom. The maximum Gasteiger partial charge on any atom is 0.294 e. The minimum Gasteiger partial charge on any atom is -0.354 e. The van der Waals surface area contributed by atoms with Crippen LogP contribution in [0.3, 0.4) is 0 Å². The molecule has 2 heterocycles. The molecule has 1 amide bonds. The fourth-order valence-electron chi connectivity index (χ4n) is 4.71. The molecule has 1 aliphatic rings. The second-order valence-electron chi connectivity index (χ2n) is 10.3. The molecule has 0 unspecified atom stereocenters. The number of amides is 1. The lowest BCUT2D eigenvalue weighted by molar-refractivity contribution is -0.757. The van der Waals surface area contributed by atoms with Gasteiger partial charge in [-0.3, -0.25) is 4.79 Å². The highest BCUT2D eigenvalue weighted by Crippen LogP contribution is 2.15. The number of anilines is 1. The summed E-state index contributed by atoms with van der Waals surface area (Å²) in [5, 5.41) is 12.4. The first-order valence-corrected chi connectivity index (χ1v) is 14.5. The number of rotatable bonds is 21. The fraction of sp³-hybridized carbons (Fsp3) is 0.786. The zero-order valence-electron chi connectivity index (χ0n) is 23.0. The summed E-state index contributed by atoms with van der Waals surface area (Å²) in [7, 11) is 2.14. The molecule has 1 fully saturated rings. The number of hydrogen-bond donors (Lipinski definition) is 1. The number of unbranched alkanes of at least 4 members (excludes halogenated alkanes) is 14. The number of carbonyl (C=O) groups excluding carboxylic acids is 1. The van der Waals surface area contributed by atoms with Crippen molar-refractivity contribution in [2.45, 2.75) is 96.3 Å². The zero-order chi connectivity index (χ0) is 26.6. The summed E-state index contributed by atoms with van der Waals surface area (Å²) in [6.45, 7) is 5.00. The molecule has 1 aromatic rings. The quantitative estimate of drug-likeness (QED) is 0.128. The van der Waals surface area contributed by atoms with Crippen molar-refractivity contribution in [2.75, 3.05) is 51.3 Å². The number of pyridine rings is 1. The van der Waals surface area contributed by atoms with Crippen molar-refractivity contribution in [3.8, 4) is 0 Å². The average Bonchev–Trinajstić information content (AvgIpc) is 2.90. The van der Waals surface area contributed by atoms with Gasteiger partial charge in [0.25, 0.3) is 11.0 Å². The van der Waals surface area contributed by atoms with Crippen molar-refractivity contribution >= 4 is 11.7 Å². The van der Waals surface area contributed by atoms with Crippen LogP contribution in [0, 0.1) is 10.1 Å². The first-order valence-electron chi connectivity index (χ1n) is 14.5. The zero-order valence-corrected chi connectivity index (χ0v) is 23.0. The van der Waals surface area contributed by atoms with E-state index in [4.69, 9.17) is 0 Å². The van der Waals surface area contributed by atoms with Gasteiger partial charge in [0.2, 0.25) is 0 Å². The Morgan fingerprint density at radius 2 is 1.38 bits per heavy atom. The standard InChI is InChI=1S/C28H49N5O4/c1-31-20-22-32(23-21-31)27-18-17-26(25-30-27)28(34)29-19-15-13-11-9-7-5-3-2-4-6-8-10-12-14-16-24-37-33(35)36/h17-18,25H,2-16,19-24H2,1H3,(H,29,34). The second kappa shape index (κ2) is 19.7. The van der Waals surface area contributed by atoms with Crippen molar-refractivity contribution in [2.24, 2.45) is 0 Å². The highest BCUT2D eigenvalue weighted by atomic mass is 16.9. The van der Waals surface area contributed by atoms with E-state index < -0.39 is 5.09 Å². The molecule has 0 saturated carbocycles. The predicted molar refractivity (Wildman–Crippen MR) is 148 cm³/mol. The fourth-order valence-corrected chi connectivity index (χ4v) is 4.71. The van der Waals surface area contributed by atoms with E-state index in [0.29, 0.717) is 5.56 Å². The third kappa shape index (κ3) is 14.8. The van der Waals surface area contributed by atoms with Gasteiger partial charge in [0.15, 0.2) is 0 Å². The molecule has 0 radical (unpaired) electrons. The molecule has 1 aromatic heterocycles. The SMILES string of the molecule is CN1CCN(c2ccc(C(=O)NCCCCCCCCCCCCCCCCCO[N+](=O)[O-])cn2)CC1. The average molecular weight is 520 g/mol. The van der Waals surface area contributed by atoms with Gasteiger partial charge in [-0.1, -0.05) is 83.5 Å². The lowest BCUT2D eigenvalue weighted by atomic mass is 10.0. The van der Waals surface area contributed by atoms with E-state index in [0.717, 1.165) is 64.2 Å². The van der Waals surface area contributed by atoms with Gasteiger partial charge in [0.1, 0.15) is 5.82 Å². The number of hydrogen-bond acceptors (Lipinski definition) is 7. The van der Waals surface area contributed by atoms with Crippen molar-refractivity contribution in [1.82, 2.24) is 15.2 Å². The predicted octanol–water partition coefficient (Wildman–Crippen LogP) is 5.62. The van der Waals surface area contributed by atoms with Gasteiger partial charge in [-0.25, -0.2) is 4.98 Å². The van der Waals surface area contributed by atoms with E-state index in [2.05, 4.69) is 32.0 Å². The molecule has 37 heavy (non-hydrogen) atoms. The van der Waals surface area contributed by atoms with Gasteiger partial charge >= 0.3 is 0 Å². The Morgan fingerprint density at radius 1 is 0.865 bits per heavy atom. The number of nitrogens with one attached hydrogen (secondary N) is 1. The van der Waals surface area contributed by atoms with Crippen molar-refractivity contribution in [3.63, 3.8) is 0 Å². The van der Waals surface area contributed by atoms with Crippen LogP contribution in [-0.2, 0) is 4.84 Å². The Hall–Kier alpha value is -2.42. The third-order valence-corrected chi connectivity index (χ3v) is 7.14. The molecule has 9 nitrogen and oxygen atoms in total. The van der Waals surface area contributed by atoms with Gasteiger partial charge in [0.05, 0.1) is 12.2 Å². The minimum atomic E-state index is -0.712. The summed E-state index contributed by atoms with van der Waals surface area (Å²) in [5.74, 6) is 0.928. The first kappa shape index (κ1) is 30.8. The van der Waals surface area contributed by atoms with Gasteiger partial charge in [-0.15, -0.1) is 10.1 Å². The molecule has 1 saturated heterocycles. The third-order valence-electron chi connectivity index (χ3n) is 7.14. The van der Waals surface area contributed by atoms with E-state index in [1.54, 1.807) is 6.20 Å². The van der Waals surface area contributed by atoms with E-state index in [9.17, 15) is 14.9 Å². The number of aromatic nitrogens is 1. The number of piperazine rings is 1. The van der Waals surface area contributed by atoms with Gasteiger partial charge in [-0.2, -0.15) is 0 Å². The van der Waals surface area contributed by atoms with E-state index in [1.165, 1.54) is 70.6 Å². The summed E-state index contributed by atoms with van der Waals surface area (Å²) in [6.07, 6.45) is 19.8. The Labute approximate surface area is 223 Å². The lowest BCUT2D eigenvalue weighted by Gasteiger charge is -2.33. The lowest BCUT2D eigenvalue weighted by Crippen LogP contribution is -2.44. The molecule has 1 aliphatic heterocycles. The second-order valence-corrected chi connectivity index (χ2v) is 10.3. The summed E-state index contributed by atoms with van der Waals surface area (Å²) in [5.41, 5.74) is 0.637. The molecule has 9 heteroatoms. The maximum atomic E-state index is 12.4.